The Morgan fingerprint density at radius 3 is 1.77 bits per heavy atom. The molecule has 2 aliphatic heterocycles. The number of aromatic nitrogens is 1. The molecular weight excluding hydrogens is 928 g/mol. The molecular formula is C70H65BN2OS. The predicted octanol–water partition coefficient (Wildman–Crippen LogP) is 18.5. The smallest absolute Gasteiger partial charge is 0.333 e. The standard InChI is InChI=1S/C70H65BN2OS/c1-66(2,3)42-26-28-43(29-27-42)73-54-38-51-49(68(6,7)31-33-70(51,10)11)35-46(54)59-60-44-24-18-19-25-56(44)74-64(60)61-45-34-48-50(69(8,9)32-30-67(48,4)5)37-53(45)72-55-36-47-57(39-52(55)71(73)62(59)63(61)72)75-65(41-22-16-13-17-23-41)58(47)40-20-14-12-15-21-40/h12-29,34-39H,30-33H2,1-11H3. The van der Waals surface area contributed by atoms with Crippen molar-refractivity contribution in [2.24, 2.45) is 0 Å². The Kier molecular flexibility index (Phi) is 9.10. The van der Waals surface area contributed by atoms with Crippen molar-refractivity contribution in [1.29, 1.82) is 0 Å². The number of hydrogen-bond acceptors (Lipinski definition) is 3. The van der Waals surface area contributed by atoms with Crippen molar-refractivity contribution in [3.63, 3.8) is 0 Å². The highest BCUT2D eigenvalue weighted by molar-refractivity contribution is 7.23. The zero-order valence-electron chi connectivity index (χ0n) is 45.5. The van der Waals surface area contributed by atoms with Crippen LogP contribution in [0.25, 0.3) is 92.2 Å². The molecule has 4 aliphatic rings. The molecule has 75 heavy (non-hydrogen) atoms. The van der Waals surface area contributed by atoms with E-state index in [-0.39, 0.29) is 33.9 Å². The normalized spacial score (nSPS) is 17.7. The number of nitrogens with zero attached hydrogens (tertiary/aromatic N) is 2. The molecule has 0 bridgehead atoms. The Morgan fingerprint density at radius 2 is 1.12 bits per heavy atom. The van der Waals surface area contributed by atoms with Gasteiger partial charge in [0.1, 0.15) is 11.2 Å². The SMILES string of the molecule is CC(C)(C)c1ccc(N2B3c4cc5sc(-c6ccccc6)c(-c6ccccc6)c5cc4-n4c5cc6c(cc5c5c7oc8ccccc8c7c(c3c54)-c3cc4c(cc32)C(C)(C)CCC4(C)C)C(C)(C)CCC6(C)C)cc1. The quantitative estimate of drug-likeness (QED) is 0.165. The Hall–Kier alpha value is -6.82. The molecule has 5 heterocycles. The first-order valence-corrected chi connectivity index (χ1v) is 28.4. The van der Waals surface area contributed by atoms with Crippen LogP contribution < -0.4 is 15.7 Å². The second kappa shape index (κ2) is 15.0. The zero-order chi connectivity index (χ0) is 51.5. The number of fused-ring (bicyclic) bond motifs is 16. The lowest BCUT2D eigenvalue weighted by molar-refractivity contribution is 0.332. The van der Waals surface area contributed by atoms with Crippen LogP contribution in [0, 0.1) is 0 Å². The lowest BCUT2D eigenvalue weighted by Crippen LogP contribution is -2.60. The Bertz CT molecular complexity index is 4270. The average molecular weight is 993 g/mol. The van der Waals surface area contributed by atoms with Crippen LogP contribution in [-0.4, -0.2) is 11.4 Å². The molecule has 0 N–H and O–H groups in total. The van der Waals surface area contributed by atoms with E-state index in [1.165, 1.54) is 131 Å². The monoisotopic (exact) mass is 992 g/mol. The van der Waals surface area contributed by atoms with Gasteiger partial charge in [-0.25, -0.2) is 0 Å². The van der Waals surface area contributed by atoms with Crippen molar-refractivity contribution in [3.8, 4) is 38.4 Å². The lowest BCUT2D eigenvalue weighted by atomic mass is 9.43. The Balaban J connectivity index is 1.19. The first kappa shape index (κ1) is 45.6. The average Bonchev–Trinajstić information content (AvgIpc) is 4.31. The van der Waals surface area contributed by atoms with Crippen LogP contribution in [0.5, 0.6) is 0 Å². The fourth-order valence-corrected chi connectivity index (χ4v) is 15.8. The third-order valence-corrected chi connectivity index (χ3v) is 20.3. The van der Waals surface area contributed by atoms with Gasteiger partial charge >= 0.3 is 6.85 Å². The van der Waals surface area contributed by atoms with Crippen molar-refractivity contribution in [2.45, 2.75) is 129 Å². The molecule has 0 spiro atoms. The predicted molar refractivity (Wildman–Crippen MR) is 323 cm³/mol. The molecule has 5 heteroatoms. The molecule has 0 amide bonds. The van der Waals surface area contributed by atoms with Gasteiger partial charge in [-0.15, -0.1) is 11.3 Å². The number of thiophene rings is 1. The number of hydrogen-bond donors (Lipinski definition) is 0. The molecule has 8 aromatic carbocycles. The van der Waals surface area contributed by atoms with Gasteiger partial charge in [0.05, 0.1) is 16.4 Å². The van der Waals surface area contributed by atoms with Crippen LogP contribution in [-0.2, 0) is 27.1 Å². The van der Waals surface area contributed by atoms with E-state index >= 15 is 0 Å². The van der Waals surface area contributed by atoms with Crippen LogP contribution in [0.1, 0.15) is 130 Å². The van der Waals surface area contributed by atoms with Crippen LogP contribution in [0.15, 0.2) is 150 Å². The minimum absolute atomic E-state index is 0.00586. The number of benzene rings is 8. The number of para-hydroxylation sites is 1. The Labute approximate surface area is 446 Å². The second-order valence-corrected chi connectivity index (χ2v) is 27.6. The Morgan fingerprint density at radius 1 is 0.533 bits per heavy atom. The van der Waals surface area contributed by atoms with Crippen molar-refractivity contribution in [1.82, 2.24) is 4.57 Å². The summed E-state index contributed by atoms with van der Waals surface area (Å²) in [5, 5.41) is 6.24. The van der Waals surface area contributed by atoms with E-state index in [1.54, 1.807) is 0 Å². The fourth-order valence-electron chi connectivity index (χ4n) is 14.6. The molecule has 370 valence electrons. The molecule has 0 atom stereocenters. The summed E-state index contributed by atoms with van der Waals surface area (Å²) in [5.74, 6) is 0. The first-order chi connectivity index (χ1) is 35.8. The third-order valence-electron chi connectivity index (χ3n) is 19.0. The van der Waals surface area contributed by atoms with Crippen LogP contribution in [0.2, 0.25) is 0 Å². The number of furan rings is 1. The van der Waals surface area contributed by atoms with E-state index in [0.717, 1.165) is 36.8 Å². The van der Waals surface area contributed by atoms with E-state index in [4.69, 9.17) is 4.42 Å². The van der Waals surface area contributed by atoms with Gasteiger partial charge in [0.2, 0.25) is 0 Å². The van der Waals surface area contributed by atoms with Gasteiger partial charge in [-0.05, 0) is 163 Å². The zero-order valence-corrected chi connectivity index (χ0v) is 46.3. The maximum Gasteiger partial charge on any atom is 0.333 e. The van der Waals surface area contributed by atoms with E-state index in [0.29, 0.717) is 0 Å². The number of anilines is 2. The van der Waals surface area contributed by atoms with Gasteiger partial charge in [0, 0.05) is 59.3 Å². The van der Waals surface area contributed by atoms with Crippen LogP contribution >= 0.6 is 11.3 Å². The minimum Gasteiger partial charge on any atom is -0.455 e. The summed E-state index contributed by atoms with van der Waals surface area (Å²) in [7, 11) is 0. The van der Waals surface area contributed by atoms with E-state index in [9.17, 15) is 0 Å². The molecule has 2 aliphatic carbocycles. The summed E-state index contributed by atoms with van der Waals surface area (Å²) < 4.78 is 11.5. The van der Waals surface area contributed by atoms with Gasteiger partial charge in [0.25, 0.3) is 0 Å². The largest absolute Gasteiger partial charge is 0.455 e. The lowest BCUT2D eigenvalue weighted by Gasteiger charge is -2.46. The maximum absolute atomic E-state index is 7.47. The molecule has 3 nitrogen and oxygen atoms in total. The van der Waals surface area contributed by atoms with Crippen LogP contribution in [0.4, 0.5) is 11.4 Å². The molecule has 0 saturated carbocycles. The minimum atomic E-state index is -0.160. The highest BCUT2D eigenvalue weighted by Gasteiger charge is 2.49. The summed E-state index contributed by atoms with van der Waals surface area (Å²) in [6, 6.07) is 56.5. The molecule has 0 saturated heterocycles. The molecule has 0 fully saturated rings. The summed E-state index contributed by atoms with van der Waals surface area (Å²) in [5.41, 5.74) is 24.7. The summed E-state index contributed by atoms with van der Waals surface area (Å²) in [6.07, 6.45) is 4.59. The first-order valence-electron chi connectivity index (χ1n) is 27.6. The topological polar surface area (TPSA) is 21.3 Å². The summed E-state index contributed by atoms with van der Waals surface area (Å²) >= 11 is 1.95. The van der Waals surface area contributed by atoms with Crippen molar-refractivity contribution in [3.05, 3.63) is 173 Å². The highest BCUT2D eigenvalue weighted by atomic mass is 32.1. The van der Waals surface area contributed by atoms with Crippen molar-refractivity contribution < 1.29 is 4.42 Å². The molecule has 11 aromatic rings. The molecule has 15 rings (SSSR count). The van der Waals surface area contributed by atoms with Crippen molar-refractivity contribution >= 4 is 94.3 Å². The van der Waals surface area contributed by atoms with Gasteiger partial charge in [0.15, 0.2) is 0 Å². The van der Waals surface area contributed by atoms with Crippen molar-refractivity contribution in [2.75, 3.05) is 4.81 Å². The maximum atomic E-state index is 7.47. The van der Waals surface area contributed by atoms with Crippen LogP contribution in [0.3, 0.4) is 0 Å². The van der Waals surface area contributed by atoms with Gasteiger partial charge < -0.3 is 13.8 Å². The highest BCUT2D eigenvalue weighted by Crippen LogP contribution is 2.57. The van der Waals surface area contributed by atoms with E-state index in [1.807, 2.05) is 11.3 Å². The van der Waals surface area contributed by atoms with E-state index < -0.39 is 0 Å². The summed E-state index contributed by atoms with van der Waals surface area (Å²) in [4.78, 5) is 4.09. The third kappa shape index (κ3) is 6.22. The molecule has 0 unspecified atom stereocenters. The second-order valence-electron chi connectivity index (χ2n) is 26.5. The van der Waals surface area contributed by atoms with E-state index in [2.05, 4.69) is 231 Å². The molecule has 3 aromatic heterocycles. The van der Waals surface area contributed by atoms with Gasteiger partial charge in [-0.1, -0.05) is 167 Å². The van der Waals surface area contributed by atoms with Gasteiger partial charge in [-0.2, -0.15) is 0 Å². The summed E-state index contributed by atoms with van der Waals surface area (Å²) in [6.45, 7) is 26.7. The van der Waals surface area contributed by atoms with Gasteiger partial charge in [-0.3, -0.25) is 0 Å². The number of rotatable bonds is 3. The fraction of sp³-hybridized carbons (Fsp3) is 0.286. The molecule has 0 radical (unpaired) electrons.